The number of carbonyl (C=O) groups excluding carboxylic acids is 1. The Morgan fingerprint density at radius 1 is 1.03 bits per heavy atom. The van der Waals surface area contributed by atoms with Gasteiger partial charge in [0.25, 0.3) is 5.89 Å². The topological polar surface area (TPSA) is 97.9 Å². The molecule has 5 aromatic rings. The molecule has 0 fully saturated rings. The van der Waals surface area contributed by atoms with Crippen LogP contribution in [0.25, 0.3) is 23.0 Å². The fraction of sp³-hybridized carbons (Fsp3) is 0.0400. The summed E-state index contributed by atoms with van der Waals surface area (Å²) < 4.78 is 20.6. The second-order valence-corrected chi connectivity index (χ2v) is 8.03. The number of hydrogen-bond acceptors (Lipinski definition) is 5. The van der Waals surface area contributed by atoms with Crippen molar-refractivity contribution in [2.45, 2.75) is 6.54 Å². The Kier molecular flexibility index (Phi) is 6.23. The first kappa shape index (κ1) is 22.3. The minimum Gasteiger partial charge on any atom is -0.332 e. The molecule has 174 valence electrons. The zero-order valence-corrected chi connectivity index (χ0v) is 18.9. The summed E-state index contributed by atoms with van der Waals surface area (Å²) in [5.74, 6) is 0.156. The second kappa shape index (κ2) is 9.78. The van der Waals surface area contributed by atoms with Crippen LogP contribution in [0.15, 0.2) is 89.8 Å². The molecule has 0 saturated heterocycles. The van der Waals surface area contributed by atoms with E-state index in [1.165, 1.54) is 12.1 Å². The fourth-order valence-corrected chi connectivity index (χ4v) is 3.56. The van der Waals surface area contributed by atoms with Gasteiger partial charge >= 0.3 is 6.03 Å². The number of hydrogen-bond donors (Lipinski definition) is 2. The summed E-state index contributed by atoms with van der Waals surface area (Å²) in [6.07, 6.45) is 3.44. The third kappa shape index (κ3) is 5.36. The molecule has 5 rings (SSSR count). The molecule has 0 aliphatic heterocycles. The zero-order valence-electron chi connectivity index (χ0n) is 18.2. The largest absolute Gasteiger partial charge is 0.332 e. The first-order valence-corrected chi connectivity index (χ1v) is 10.9. The molecule has 2 heterocycles. The Bertz CT molecular complexity index is 1480. The highest BCUT2D eigenvalue weighted by Gasteiger charge is 2.14. The van der Waals surface area contributed by atoms with Crippen molar-refractivity contribution in [1.82, 2.24) is 19.7 Å². The normalized spacial score (nSPS) is 10.8. The lowest BCUT2D eigenvalue weighted by atomic mass is 10.2. The van der Waals surface area contributed by atoms with E-state index in [1.54, 1.807) is 48.9 Å². The van der Waals surface area contributed by atoms with Gasteiger partial charge in [0.15, 0.2) is 0 Å². The minimum absolute atomic E-state index is 0.243. The molecule has 2 aromatic heterocycles. The van der Waals surface area contributed by atoms with Crippen molar-refractivity contribution in [3.63, 3.8) is 0 Å². The third-order valence-corrected chi connectivity index (χ3v) is 5.39. The van der Waals surface area contributed by atoms with Crippen LogP contribution in [0.5, 0.6) is 0 Å². The molecule has 0 aliphatic rings. The highest BCUT2D eigenvalue weighted by atomic mass is 35.5. The van der Waals surface area contributed by atoms with Gasteiger partial charge in [-0.25, -0.2) is 14.2 Å². The maximum absolute atomic E-state index is 13.5. The fourth-order valence-electron chi connectivity index (χ4n) is 3.38. The second-order valence-electron chi connectivity index (χ2n) is 7.62. The van der Waals surface area contributed by atoms with Gasteiger partial charge in [-0.2, -0.15) is 4.98 Å². The van der Waals surface area contributed by atoms with Crippen molar-refractivity contribution >= 4 is 29.0 Å². The number of halogens is 2. The van der Waals surface area contributed by atoms with Crippen LogP contribution in [-0.2, 0) is 6.54 Å². The number of anilines is 2. The Morgan fingerprint density at radius 3 is 2.66 bits per heavy atom. The highest BCUT2D eigenvalue weighted by Crippen LogP contribution is 2.23. The number of aromatic nitrogens is 4. The average Bonchev–Trinajstić information content (AvgIpc) is 3.52. The smallest absolute Gasteiger partial charge is 0.323 e. The van der Waals surface area contributed by atoms with Crippen molar-refractivity contribution < 1.29 is 13.7 Å². The number of carbonyl (C=O) groups is 1. The van der Waals surface area contributed by atoms with Crippen LogP contribution >= 0.6 is 11.6 Å². The number of benzene rings is 3. The maximum Gasteiger partial charge on any atom is 0.323 e. The molecule has 0 spiro atoms. The molecule has 35 heavy (non-hydrogen) atoms. The van der Waals surface area contributed by atoms with E-state index in [0.29, 0.717) is 34.2 Å². The van der Waals surface area contributed by atoms with E-state index in [0.717, 1.165) is 5.56 Å². The predicted octanol–water partition coefficient (Wildman–Crippen LogP) is 6.08. The number of urea groups is 1. The molecule has 2 amide bonds. The van der Waals surface area contributed by atoms with E-state index in [1.807, 2.05) is 28.8 Å². The molecule has 0 atom stereocenters. The van der Waals surface area contributed by atoms with Gasteiger partial charge in [0.2, 0.25) is 5.82 Å². The van der Waals surface area contributed by atoms with Crippen molar-refractivity contribution in [3.8, 4) is 23.0 Å². The van der Waals surface area contributed by atoms with E-state index in [4.69, 9.17) is 16.1 Å². The summed E-state index contributed by atoms with van der Waals surface area (Å²) in [5, 5.41) is 9.86. The standard InChI is InChI=1S/C25H18ClFN6O2/c26-20-6-1-2-7-21(20)30-25(34)29-19-10-8-16(9-11-19)13-33-14-22(28-15-33)24-31-23(32-35-24)17-4-3-5-18(27)12-17/h1-12,14-15H,13H2,(H2,29,30,34). The molecule has 0 aliphatic carbocycles. The number of rotatable bonds is 6. The lowest BCUT2D eigenvalue weighted by Crippen LogP contribution is -2.19. The highest BCUT2D eigenvalue weighted by molar-refractivity contribution is 6.33. The summed E-state index contributed by atoms with van der Waals surface area (Å²) in [6.45, 7) is 0.546. The van der Waals surface area contributed by atoms with Gasteiger partial charge in [0, 0.05) is 24.0 Å². The number of para-hydroxylation sites is 1. The lowest BCUT2D eigenvalue weighted by molar-refractivity contribution is 0.262. The Morgan fingerprint density at radius 2 is 1.86 bits per heavy atom. The zero-order chi connectivity index (χ0) is 24.2. The lowest BCUT2D eigenvalue weighted by Gasteiger charge is -2.09. The Labute approximate surface area is 204 Å². The molecule has 0 unspecified atom stereocenters. The molecule has 2 N–H and O–H groups in total. The van der Waals surface area contributed by atoms with Crippen LogP contribution in [0.3, 0.4) is 0 Å². The SMILES string of the molecule is O=C(Nc1ccc(Cn2cnc(-c3nc(-c4cccc(F)c4)no3)c2)cc1)Nc1ccccc1Cl. The summed E-state index contributed by atoms with van der Waals surface area (Å²) in [4.78, 5) is 20.9. The number of imidazole rings is 1. The first-order chi connectivity index (χ1) is 17.0. The van der Waals surface area contributed by atoms with E-state index in [-0.39, 0.29) is 23.6 Å². The number of nitrogens with one attached hydrogen (secondary N) is 2. The first-order valence-electron chi connectivity index (χ1n) is 10.6. The Balaban J connectivity index is 1.21. The van der Waals surface area contributed by atoms with Crippen LogP contribution in [0.1, 0.15) is 5.56 Å². The van der Waals surface area contributed by atoms with Gasteiger partial charge in [0.05, 0.1) is 17.0 Å². The minimum atomic E-state index is -0.387. The molecule has 8 nitrogen and oxygen atoms in total. The van der Waals surface area contributed by atoms with E-state index < -0.39 is 0 Å². The van der Waals surface area contributed by atoms with Gasteiger partial charge in [-0.3, -0.25) is 0 Å². The van der Waals surface area contributed by atoms with Gasteiger partial charge in [0.1, 0.15) is 11.5 Å². The molecule has 3 aromatic carbocycles. The van der Waals surface area contributed by atoms with Crippen molar-refractivity contribution in [2.24, 2.45) is 0 Å². The van der Waals surface area contributed by atoms with E-state index in [9.17, 15) is 9.18 Å². The van der Waals surface area contributed by atoms with E-state index >= 15 is 0 Å². The van der Waals surface area contributed by atoms with Crippen molar-refractivity contribution in [3.05, 3.63) is 102 Å². The van der Waals surface area contributed by atoms with E-state index in [2.05, 4.69) is 25.8 Å². The number of amides is 2. The summed E-state index contributed by atoms with van der Waals surface area (Å²) in [6, 6.07) is 20.0. The summed E-state index contributed by atoms with van der Waals surface area (Å²) in [5.41, 5.74) is 3.20. The predicted molar refractivity (Wildman–Crippen MR) is 131 cm³/mol. The monoisotopic (exact) mass is 488 g/mol. The van der Waals surface area contributed by atoms with Gasteiger partial charge in [-0.05, 0) is 42.0 Å². The van der Waals surface area contributed by atoms with Crippen LogP contribution in [0, 0.1) is 5.82 Å². The Hall–Kier alpha value is -4.50. The van der Waals surface area contributed by atoms with Crippen molar-refractivity contribution in [1.29, 1.82) is 0 Å². The summed E-state index contributed by atoms with van der Waals surface area (Å²) >= 11 is 6.07. The van der Waals surface area contributed by atoms with Crippen molar-refractivity contribution in [2.75, 3.05) is 10.6 Å². The molecular weight excluding hydrogens is 471 g/mol. The average molecular weight is 489 g/mol. The third-order valence-electron chi connectivity index (χ3n) is 5.06. The molecule has 0 radical (unpaired) electrons. The number of nitrogens with zero attached hydrogens (tertiary/aromatic N) is 4. The van der Waals surface area contributed by atoms with Gasteiger partial charge in [-0.1, -0.05) is 53.2 Å². The van der Waals surface area contributed by atoms with Gasteiger partial charge in [-0.15, -0.1) is 0 Å². The molecule has 0 saturated carbocycles. The van der Waals surface area contributed by atoms with Crippen LogP contribution < -0.4 is 10.6 Å². The maximum atomic E-state index is 13.5. The van der Waals surface area contributed by atoms with Crippen LogP contribution in [0.4, 0.5) is 20.6 Å². The van der Waals surface area contributed by atoms with Crippen LogP contribution in [-0.4, -0.2) is 25.7 Å². The van der Waals surface area contributed by atoms with Gasteiger partial charge < -0.3 is 19.7 Å². The molecule has 10 heteroatoms. The van der Waals surface area contributed by atoms with Crippen LogP contribution in [0.2, 0.25) is 5.02 Å². The molecular formula is C25H18ClFN6O2. The quantitative estimate of drug-likeness (QED) is 0.301. The molecule has 0 bridgehead atoms. The summed E-state index contributed by atoms with van der Waals surface area (Å²) in [7, 11) is 0.